The van der Waals surface area contributed by atoms with Gasteiger partial charge in [-0.1, -0.05) is 47.5 Å². The number of hydrogen-bond acceptors (Lipinski definition) is 1. The summed E-state index contributed by atoms with van der Waals surface area (Å²) in [5.74, 6) is 0.732. The van der Waals surface area contributed by atoms with Gasteiger partial charge in [0.1, 0.15) is 0 Å². The monoisotopic (exact) mass is 285 g/mol. The van der Waals surface area contributed by atoms with Crippen LogP contribution in [0.5, 0.6) is 0 Å². The van der Waals surface area contributed by atoms with Crippen molar-refractivity contribution in [2.75, 3.05) is 5.32 Å². The van der Waals surface area contributed by atoms with Gasteiger partial charge in [-0.2, -0.15) is 0 Å². The number of halogens is 1. The van der Waals surface area contributed by atoms with E-state index in [9.17, 15) is 0 Å². The van der Waals surface area contributed by atoms with Crippen LogP contribution in [0, 0.1) is 19.8 Å². The van der Waals surface area contributed by atoms with Gasteiger partial charge in [0.05, 0.1) is 16.8 Å². The minimum absolute atomic E-state index is 0.371. The topological polar surface area (TPSA) is 12.0 Å². The Hall–Kier alpha value is -1.47. The lowest BCUT2D eigenvalue weighted by Crippen LogP contribution is -2.13. The minimum atomic E-state index is 0.371. The zero-order chi connectivity index (χ0) is 14.1. The molecule has 1 atom stereocenters. The molecule has 3 rings (SSSR count). The van der Waals surface area contributed by atoms with Crippen LogP contribution in [-0.2, 0) is 0 Å². The Morgan fingerprint density at radius 3 is 2.25 bits per heavy atom. The van der Waals surface area contributed by atoms with Crippen molar-refractivity contribution >= 4 is 17.3 Å². The van der Waals surface area contributed by atoms with Gasteiger partial charge in [0.2, 0.25) is 0 Å². The molecule has 2 aromatic carbocycles. The summed E-state index contributed by atoms with van der Waals surface area (Å²) in [5, 5.41) is 4.45. The first-order valence-corrected chi connectivity index (χ1v) is 7.60. The highest BCUT2D eigenvalue weighted by Crippen LogP contribution is 2.43. The van der Waals surface area contributed by atoms with Gasteiger partial charge in [0.25, 0.3) is 0 Å². The molecular weight excluding hydrogens is 266 g/mol. The van der Waals surface area contributed by atoms with Gasteiger partial charge in [-0.25, -0.2) is 0 Å². The number of benzene rings is 2. The van der Waals surface area contributed by atoms with Crippen molar-refractivity contribution < 1.29 is 0 Å². The molecule has 0 aliphatic heterocycles. The van der Waals surface area contributed by atoms with E-state index in [4.69, 9.17) is 11.6 Å². The average molecular weight is 286 g/mol. The zero-order valence-electron chi connectivity index (χ0n) is 12.0. The first-order valence-electron chi connectivity index (χ1n) is 7.23. The molecule has 1 N–H and O–H groups in total. The van der Waals surface area contributed by atoms with Crippen molar-refractivity contribution in [2.45, 2.75) is 32.7 Å². The van der Waals surface area contributed by atoms with E-state index in [2.05, 4.69) is 55.6 Å². The maximum absolute atomic E-state index is 6.35. The number of hydrogen-bond donors (Lipinski definition) is 1. The van der Waals surface area contributed by atoms with Crippen molar-refractivity contribution in [3.63, 3.8) is 0 Å². The molecule has 0 radical (unpaired) electrons. The molecule has 2 heteroatoms. The highest BCUT2D eigenvalue weighted by atomic mass is 35.5. The third-order valence-corrected chi connectivity index (χ3v) is 4.28. The van der Waals surface area contributed by atoms with Crippen LogP contribution in [0.25, 0.3) is 0 Å². The molecule has 0 heterocycles. The lowest BCUT2D eigenvalue weighted by molar-refractivity contribution is 0.679. The molecular formula is C18H20ClN. The van der Waals surface area contributed by atoms with E-state index in [1.807, 2.05) is 6.07 Å². The summed E-state index contributed by atoms with van der Waals surface area (Å²) in [6, 6.07) is 15.4. The molecule has 104 valence electrons. The second-order valence-electron chi connectivity index (χ2n) is 5.85. The van der Waals surface area contributed by atoms with Gasteiger partial charge < -0.3 is 5.32 Å². The Kier molecular flexibility index (Phi) is 3.71. The largest absolute Gasteiger partial charge is 0.377 e. The van der Waals surface area contributed by atoms with Crippen LogP contribution in [-0.4, -0.2) is 0 Å². The molecule has 0 bridgehead atoms. The first-order chi connectivity index (χ1) is 9.63. The van der Waals surface area contributed by atoms with Crippen LogP contribution in [0.1, 0.15) is 35.6 Å². The van der Waals surface area contributed by atoms with Crippen LogP contribution < -0.4 is 5.32 Å². The van der Waals surface area contributed by atoms with Crippen LogP contribution in [0.2, 0.25) is 5.02 Å². The number of rotatable bonds is 4. The smallest absolute Gasteiger partial charge is 0.0640 e. The molecule has 0 saturated heterocycles. The molecule has 1 unspecified atom stereocenters. The maximum atomic E-state index is 6.35. The minimum Gasteiger partial charge on any atom is -0.377 e. The lowest BCUT2D eigenvalue weighted by Gasteiger charge is -2.21. The summed E-state index contributed by atoms with van der Waals surface area (Å²) in [6.07, 6.45) is 2.60. The number of anilines is 1. The van der Waals surface area contributed by atoms with Crippen molar-refractivity contribution in [1.82, 2.24) is 0 Å². The van der Waals surface area contributed by atoms with Gasteiger partial charge in [0.15, 0.2) is 0 Å². The Balaban J connectivity index is 1.86. The van der Waals surface area contributed by atoms with Crippen molar-refractivity contribution in [1.29, 1.82) is 0 Å². The predicted octanol–water partition coefficient (Wildman–Crippen LogP) is 5.52. The molecule has 0 aromatic heterocycles. The van der Waals surface area contributed by atoms with Gasteiger partial charge in [-0.15, -0.1) is 0 Å². The third kappa shape index (κ3) is 2.99. The number of aryl methyl sites for hydroxylation is 2. The summed E-state index contributed by atoms with van der Waals surface area (Å²) < 4.78 is 0. The average Bonchev–Trinajstić information content (AvgIpc) is 3.24. The van der Waals surface area contributed by atoms with Gasteiger partial charge in [-0.05, 0) is 55.9 Å². The first kappa shape index (κ1) is 13.5. The Labute approximate surface area is 126 Å². The Morgan fingerprint density at radius 2 is 1.65 bits per heavy atom. The third-order valence-electron chi connectivity index (χ3n) is 3.97. The molecule has 1 nitrogen and oxygen atoms in total. The van der Waals surface area contributed by atoms with E-state index in [0.29, 0.717) is 6.04 Å². The highest BCUT2D eigenvalue weighted by Gasteiger charge is 2.32. The fraction of sp³-hybridized carbons (Fsp3) is 0.333. The van der Waals surface area contributed by atoms with Gasteiger partial charge >= 0.3 is 0 Å². The predicted molar refractivity (Wildman–Crippen MR) is 86.5 cm³/mol. The SMILES string of the molecule is Cc1ccc(C(Nc2ccc(C)cc2Cl)C2CC2)cc1. The molecule has 2 aromatic rings. The van der Waals surface area contributed by atoms with Gasteiger partial charge in [-0.3, -0.25) is 0 Å². The Morgan fingerprint density at radius 1 is 1.00 bits per heavy atom. The fourth-order valence-corrected chi connectivity index (χ4v) is 2.87. The molecule has 1 fully saturated rings. The quantitative estimate of drug-likeness (QED) is 0.780. The second kappa shape index (κ2) is 5.49. The fourth-order valence-electron chi connectivity index (χ4n) is 2.58. The van der Waals surface area contributed by atoms with Crippen LogP contribution in [0.15, 0.2) is 42.5 Å². The standard InChI is InChI=1S/C18H20ClN/c1-12-3-6-14(7-4-12)18(15-8-9-15)20-17-10-5-13(2)11-16(17)19/h3-7,10-11,15,18,20H,8-9H2,1-2H3. The second-order valence-corrected chi connectivity index (χ2v) is 6.26. The van der Waals surface area contributed by atoms with Crippen molar-refractivity contribution in [2.24, 2.45) is 5.92 Å². The van der Waals surface area contributed by atoms with E-state index in [0.717, 1.165) is 16.6 Å². The molecule has 0 spiro atoms. The number of nitrogens with one attached hydrogen (secondary N) is 1. The van der Waals surface area contributed by atoms with Gasteiger partial charge in [0, 0.05) is 0 Å². The molecule has 1 aliphatic carbocycles. The zero-order valence-corrected chi connectivity index (χ0v) is 12.7. The van der Waals surface area contributed by atoms with E-state index in [1.165, 1.54) is 29.5 Å². The van der Waals surface area contributed by atoms with E-state index in [-0.39, 0.29) is 0 Å². The van der Waals surface area contributed by atoms with Crippen LogP contribution in [0.3, 0.4) is 0 Å². The summed E-state index contributed by atoms with van der Waals surface area (Å²) in [7, 11) is 0. The molecule has 20 heavy (non-hydrogen) atoms. The maximum Gasteiger partial charge on any atom is 0.0640 e. The van der Waals surface area contributed by atoms with E-state index < -0.39 is 0 Å². The molecule has 0 amide bonds. The Bertz CT molecular complexity index is 599. The van der Waals surface area contributed by atoms with E-state index in [1.54, 1.807) is 0 Å². The van der Waals surface area contributed by atoms with Crippen LogP contribution in [0.4, 0.5) is 5.69 Å². The van der Waals surface area contributed by atoms with Crippen molar-refractivity contribution in [3.05, 3.63) is 64.2 Å². The van der Waals surface area contributed by atoms with Crippen molar-refractivity contribution in [3.8, 4) is 0 Å². The normalized spacial score (nSPS) is 15.9. The lowest BCUT2D eigenvalue weighted by atomic mass is 10.0. The molecule has 1 aliphatic rings. The summed E-state index contributed by atoms with van der Waals surface area (Å²) in [5.41, 5.74) is 4.89. The summed E-state index contributed by atoms with van der Waals surface area (Å²) in [6.45, 7) is 4.19. The summed E-state index contributed by atoms with van der Waals surface area (Å²) in [4.78, 5) is 0. The molecule has 1 saturated carbocycles. The van der Waals surface area contributed by atoms with Crippen LogP contribution >= 0.6 is 11.6 Å². The summed E-state index contributed by atoms with van der Waals surface area (Å²) >= 11 is 6.35. The van der Waals surface area contributed by atoms with E-state index >= 15 is 0 Å². The highest BCUT2D eigenvalue weighted by molar-refractivity contribution is 6.33.